The second-order valence-corrected chi connectivity index (χ2v) is 6.41. The molecular weight excluding hydrogens is 192 g/mol. The standard InChI is InChI=1S/C16H34/c1-7-10-15(11-8-2)13-16(6,9-3)12-14(4)5/h14-15H,7-13H2,1-6H3. The first-order valence-corrected chi connectivity index (χ1v) is 7.47. The molecule has 0 aliphatic heterocycles. The van der Waals surface area contributed by atoms with Gasteiger partial charge in [0.25, 0.3) is 0 Å². The summed E-state index contributed by atoms with van der Waals surface area (Å²) in [6.07, 6.45) is 9.76. The molecule has 0 amide bonds. The van der Waals surface area contributed by atoms with Crippen molar-refractivity contribution >= 4 is 0 Å². The van der Waals surface area contributed by atoms with Crippen LogP contribution in [0.1, 0.15) is 86.5 Å². The zero-order chi connectivity index (χ0) is 12.6. The van der Waals surface area contributed by atoms with E-state index in [-0.39, 0.29) is 0 Å². The summed E-state index contributed by atoms with van der Waals surface area (Å²) in [6, 6.07) is 0. The van der Waals surface area contributed by atoms with Crippen molar-refractivity contribution in [1.29, 1.82) is 0 Å². The van der Waals surface area contributed by atoms with E-state index in [0.717, 1.165) is 11.8 Å². The number of hydrogen-bond donors (Lipinski definition) is 0. The first-order valence-electron chi connectivity index (χ1n) is 7.47. The molecule has 0 saturated carbocycles. The van der Waals surface area contributed by atoms with Crippen LogP contribution < -0.4 is 0 Å². The van der Waals surface area contributed by atoms with Gasteiger partial charge in [-0.3, -0.25) is 0 Å². The summed E-state index contributed by atoms with van der Waals surface area (Å²) in [6.45, 7) is 14.3. The molecule has 1 atom stereocenters. The van der Waals surface area contributed by atoms with E-state index >= 15 is 0 Å². The molecule has 0 radical (unpaired) electrons. The summed E-state index contributed by atoms with van der Waals surface area (Å²) < 4.78 is 0. The molecule has 0 rings (SSSR count). The summed E-state index contributed by atoms with van der Waals surface area (Å²) in [7, 11) is 0. The van der Waals surface area contributed by atoms with E-state index in [1.807, 2.05) is 0 Å². The fraction of sp³-hybridized carbons (Fsp3) is 1.00. The molecule has 0 aromatic rings. The molecule has 0 bridgehead atoms. The van der Waals surface area contributed by atoms with Crippen molar-refractivity contribution in [3.63, 3.8) is 0 Å². The van der Waals surface area contributed by atoms with Crippen molar-refractivity contribution in [2.24, 2.45) is 17.3 Å². The van der Waals surface area contributed by atoms with E-state index in [9.17, 15) is 0 Å². The van der Waals surface area contributed by atoms with E-state index in [4.69, 9.17) is 0 Å². The van der Waals surface area contributed by atoms with Gasteiger partial charge in [0.1, 0.15) is 0 Å². The molecule has 0 aliphatic carbocycles. The molecule has 16 heavy (non-hydrogen) atoms. The largest absolute Gasteiger partial charge is 0.0654 e. The summed E-state index contributed by atoms with van der Waals surface area (Å²) in [5.41, 5.74) is 0.586. The highest BCUT2D eigenvalue weighted by molar-refractivity contribution is 4.78. The van der Waals surface area contributed by atoms with Gasteiger partial charge in [-0.1, -0.05) is 73.6 Å². The van der Waals surface area contributed by atoms with Gasteiger partial charge in [0.2, 0.25) is 0 Å². The van der Waals surface area contributed by atoms with Gasteiger partial charge in [0.05, 0.1) is 0 Å². The smallest absolute Gasteiger partial charge is 0.0323 e. The Kier molecular flexibility index (Phi) is 8.14. The molecule has 0 heteroatoms. The molecule has 0 aliphatic rings. The maximum atomic E-state index is 2.51. The third kappa shape index (κ3) is 6.55. The average Bonchev–Trinajstić information content (AvgIpc) is 2.17. The predicted octanol–water partition coefficient (Wildman–Crippen LogP) is 6.06. The molecule has 0 N–H and O–H groups in total. The maximum Gasteiger partial charge on any atom is -0.0323 e. The van der Waals surface area contributed by atoms with E-state index in [0.29, 0.717) is 5.41 Å². The van der Waals surface area contributed by atoms with Crippen LogP contribution >= 0.6 is 0 Å². The van der Waals surface area contributed by atoms with Crippen LogP contribution in [0, 0.1) is 17.3 Å². The molecule has 1 unspecified atom stereocenters. The van der Waals surface area contributed by atoms with Crippen molar-refractivity contribution in [3.05, 3.63) is 0 Å². The highest BCUT2D eigenvalue weighted by atomic mass is 14.3. The quantitative estimate of drug-likeness (QED) is 0.448. The van der Waals surface area contributed by atoms with E-state index in [2.05, 4.69) is 41.5 Å². The topological polar surface area (TPSA) is 0 Å². The third-order valence-electron chi connectivity index (χ3n) is 3.93. The van der Waals surface area contributed by atoms with Crippen LogP contribution in [0.2, 0.25) is 0 Å². The van der Waals surface area contributed by atoms with Crippen molar-refractivity contribution in [1.82, 2.24) is 0 Å². The van der Waals surface area contributed by atoms with Crippen LogP contribution in [-0.2, 0) is 0 Å². The fourth-order valence-electron chi connectivity index (χ4n) is 3.22. The molecule has 0 saturated heterocycles. The lowest BCUT2D eigenvalue weighted by atomic mass is 9.72. The van der Waals surface area contributed by atoms with Crippen LogP contribution in [0.15, 0.2) is 0 Å². The maximum absolute atomic E-state index is 2.51. The van der Waals surface area contributed by atoms with Crippen molar-refractivity contribution in [3.8, 4) is 0 Å². The van der Waals surface area contributed by atoms with Crippen LogP contribution in [0.3, 0.4) is 0 Å². The van der Waals surface area contributed by atoms with Crippen LogP contribution in [0.25, 0.3) is 0 Å². The van der Waals surface area contributed by atoms with Gasteiger partial charge >= 0.3 is 0 Å². The first kappa shape index (κ1) is 16.0. The lowest BCUT2D eigenvalue weighted by Crippen LogP contribution is -2.22. The Morgan fingerprint density at radius 3 is 1.69 bits per heavy atom. The van der Waals surface area contributed by atoms with Gasteiger partial charge in [0, 0.05) is 0 Å². The van der Waals surface area contributed by atoms with Crippen molar-refractivity contribution < 1.29 is 0 Å². The molecule has 0 spiro atoms. The minimum absolute atomic E-state index is 0.586. The Balaban J connectivity index is 4.33. The summed E-state index contributed by atoms with van der Waals surface area (Å²) in [5, 5.41) is 0. The second kappa shape index (κ2) is 8.14. The normalized spacial score (nSPS) is 15.8. The Hall–Kier alpha value is 0. The van der Waals surface area contributed by atoms with Crippen LogP contribution in [0.4, 0.5) is 0 Å². The van der Waals surface area contributed by atoms with Gasteiger partial charge in [-0.25, -0.2) is 0 Å². The van der Waals surface area contributed by atoms with Crippen molar-refractivity contribution in [2.75, 3.05) is 0 Å². The minimum atomic E-state index is 0.586. The summed E-state index contributed by atoms with van der Waals surface area (Å²) in [5.74, 6) is 1.81. The van der Waals surface area contributed by atoms with Gasteiger partial charge in [-0.05, 0) is 30.1 Å². The lowest BCUT2D eigenvalue weighted by molar-refractivity contribution is 0.175. The van der Waals surface area contributed by atoms with E-state index < -0.39 is 0 Å². The fourth-order valence-corrected chi connectivity index (χ4v) is 3.22. The van der Waals surface area contributed by atoms with Gasteiger partial charge in [-0.2, -0.15) is 0 Å². The lowest BCUT2D eigenvalue weighted by Gasteiger charge is -2.34. The summed E-state index contributed by atoms with van der Waals surface area (Å²) >= 11 is 0. The first-order chi connectivity index (χ1) is 7.47. The highest BCUT2D eigenvalue weighted by Crippen LogP contribution is 2.38. The van der Waals surface area contributed by atoms with Gasteiger partial charge < -0.3 is 0 Å². The third-order valence-corrected chi connectivity index (χ3v) is 3.93. The molecule has 0 fully saturated rings. The van der Waals surface area contributed by atoms with Crippen molar-refractivity contribution in [2.45, 2.75) is 86.5 Å². The molecular formula is C16H34. The zero-order valence-corrected chi connectivity index (χ0v) is 12.6. The van der Waals surface area contributed by atoms with Gasteiger partial charge in [-0.15, -0.1) is 0 Å². The summed E-state index contributed by atoms with van der Waals surface area (Å²) in [4.78, 5) is 0. The highest BCUT2D eigenvalue weighted by Gasteiger charge is 2.26. The Morgan fingerprint density at radius 1 is 0.875 bits per heavy atom. The molecule has 0 aromatic carbocycles. The Labute approximate surface area is 104 Å². The average molecular weight is 226 g/mol. The molecule has 0 nitrogen and oxygen atoms in total. The molecule has 0 heterocycles. The minimum Gasteiger partial charge on any atom is -0.0654 e. The number of hydrogen-bond acceptors (Lipinski definition) is 0. The monoisotopic (exact) mass is 226 g/mol. The van der Waals surface area contributed by atoms with Crippen LogP contribution in [0.5, 0.6) is 0 Å². The van der Waals surface area contributed by atoms with Crippen LogP contribution in [-0.4, -0.2) is 0 Å². The molecule has 98 valence electrons. The molecule has 0 aromatic heterocycles. The van der Waals surface area contributed by atoms with E-state index in [1.165, 1.54) is 44.9 Å². The van der Waals surface area contributed by atoms with Gasteiger partial charge in [0.15, 0.2) is 0 Å². The predicted molar refractivity (Wildman–Crippen MR) is 75.8 cm³/mol. The number of rotatable bonds is 9. The zero-order valence-electron chi connectivity index (χ0n) is 12.6. The SMILES string of the molecule is CCCC(CCC)CC(C)(CC)CC(C)C. The van der Waals surface area contributed by atoms with E-state index in [1.54, 1.807) is 0 Å². The Morgan fingerprint density at radius 2 is 1.38 bits per heavy atom. The Bertz CT molecular complexity index is 153. The second-order valence-electron chi connectivity index (χ2n) is 6.41.